The van der Waals surface area contributed by atoms with Gasteiger partial charge >= 0.3 is 5.97 Å². The summed E-state index contributed by atoms with van der Waals surface area (Å²) in [6.45, 7) is 0.0566. The monoisotopic (exact) mass is 496 g/mol. The molecule has 2 aromatic rings. The maximum Gasteiger partial charge on any atom is 0.308 e. The van der Waals surface area contributed by atoms with Crippen molar-refractivity contribution in [1.82, 2.24) is 14.5 Å². The molecule has 1 aliphatic carbocycles. The van der Waals surface area contributed by atoms with Gasteiger partial charge in [0.1, 0.15) is 0 Å². The number of aromatic nitrogens is 2. The molecular weight excluding hydrogens is 456 g/mol. The van der Waals surface area contributed by atoms with Crippen molar-refractivity contribution < 1.29 is 14.6 Å². The Morgan fingerprint density at radius 3 is 2.39 bits per heavy atom. The Bertz CT molecular complexity index is 1100. The van der Waals surface area contributed by atoms with Gasteiger partial charge in [-0.3, -0.25) is 14.5 Å². The first-order valence-electron chi connectivity index (χ1n) is 13.8. The Kier molecular flexibility index (Phi) is 7.91. The molecule has 2 aliphatic heterocycles. The Morgan fingerprint density at radius 2 is 1.69 bits per heavy atom. The maximum absolute atomic E-state index is 13.7. The van der Waals surface area contributed by atoms with E-state index in [1.54, 1.807) is 0 Å². The maximum atomic E-state index is 13.7. The van der Waals surface area contributed by atoms with Crippen LogP contribution in [0.4, 0.5) is 5.82 Å². The summed E-state index contributed by atoms with van der Waals surface area (Å²) < 4.78 is 6.59. The number of esters is 1. The fourth-order valence-electron chi connectivity index (χ4n) is 6.92. The van der Waals surface area contributed by atoms with Gasteiger partial charge in [-0.15, -0.1) is 0 Å². The number of carbonyl (C=O) groups is 1. The number of nitrogens with zero attached hydrogens (tertiary/aromatic N) is 3. The van der Waals surface area contributed by atoms with Crippen molar-refractivity contribution in [2.75, 3.05) is 19.0 Å². The van der Waals surface area contributed by atoms with Crippen LogP contribution in [0.2, 0.25) is 0 Å². The molecule has 2 N–H and O–H groups in total. The van der Waals surface area contributed by atoms with Gasteiger partial charge in [-0.2, -0.15) is 0 Å². The number of carbonyl (C=O) groups excluding carboxylic acids is 1. The number of ether oxygens (including phenoxy) is 1. The number of para-hydroxylation sites is 2. The van der Waals surface area contributed by atoms with Crippen LogP contribution in [0.1, 0.15) is 83.1 Å². The summed E-state index contributed by atoms with van der Waals surface area (Å²) in [6, 6.07) is 9.72. The van der Waals surface area contributed by atoms with Crippen LogP contribution in [0, 0.1) is 0 Å². The molecule has 8 nitrogen and oxygen atoms in total. The molecule has 8 heteroatoms. The van der Waals surface area contributed by atoms with Gasteiger partial charge in [0.05, 0.1) is 30.7 Å². The molecule has 2 bridgehead atoms. The van der Waals surface area contributed by atoms with Gasteiger partial charge in [0.15, 0.2) is 5.82 Å². The van der Waals surface area contributed by atoms with Crippen LogP contribution in [0.15, 0.2) is 29.1 Å². The zero-order valence-electron chi connectivity index (χ0n) is 21.4. The van der Waals surface area contributed by atoms with Crippen LogP contribution in [-0.2, 0) is 9.53 Å². The number of piperidine rings is 1. The molecule has 4 atom stereocenters. The molecule has 3 aliphatic rings. The van der Waals surface area contributed by atoms with Crippen molar-refractivity contribution in [2.45, 2.75) is 107 Å². The summed E-state index contributed by atoms with van der Waals surface area (Å²) >= 11 is 0. The van der Waals surface area contributed by atoms with Crippen LogP contribution in [-0.4, -0.2) is 63.4 Å². The van der Waals surface area contributed by atoms with E-state index >= 15 is 0 Å². The Labute approximate surface area is 213 Å². The Hall–Kier alpha value is -2.45. The third-order valence-electron chi connectivity index (χ3n) is 8.56. The number of rotatable bonds is 7. The third-order valence-corrected chi connectivity index (χ3v) is 8.56. The summed E-state index contributed by atoms with van der Waals surface area (Å²) in [4.78, 5) is 32.6. The molecule has 0 radical (unpaired) electrons. The molecule has 1 saturated carbocycles. The fraction of sp³-hybridized carbons (Fsp3) is 0.679. The smallest absolute Gasteiger partial charge is 0.308 e. The normalized spacial score (nSPS) is 26.3. The molecular formula is C28H40N4O4. The van der Waals surface area contributed by atoms with E-state index in [1.165, 1.54) is 64.9 Å². The van der Waals surface area contributed by atoms with E-state index in [0.29, 0.717) is 18.1 Å². The van der Waals surface area contributed by atoms with E-state index in [0.717, 1.165) is 23.9 Å². The highest BCUT2D eigenvalue weighted by Gasteiger charge is 2.44. The minimum atomic E-state index is -0.957. The number of aliphatic hydroxyl groups is 1. The summed E-state index contributed by atoms with van der Waals surface area (Å²) in [5.41, 5.74) is 1.48. The van der Waals surface area contributed by atoms with Gasteiger partial charge in [-0.1, -0.05) is 44.2 Å². The second kappa shape index (κ2) is 11.3. The summed E-state index contributed by atoms with van der Waals surface area (Å²) in [6.07, 6.45) is 12.8. The summed E-state index contributed by atoms with van der Waals surface area (Å²) in [5.74, 6) is -0.257. The first-order valence-corrected chi connectivity index (χ1v) is 13.8. The molecule has 1 aromatic heterocycles. The van der Waals surface area contributed by atoms with Crippen molar-refractivity contribution in [3.8, 4) is 0 Å². The third kappa shape index (κ3) is 5.30. The van der Waals surface area contributed by atoms with E-state index < -0.39 is 12.1 Å². The summed E-state index contributed by atoms with van der Waals surface area (Å²) in [5, 5.41) is 13.2. The van der Waals surface area contributed by atoms with Crippen molar-refractivity contribution in [1.29, 1.82) is 0 Å². The van der Waals surface area contributed by atoms with Gasteiger partial charge in [0.25, 0.3) is 5.56 Å². The molecule has 2 saturated heterocycles. The van der Waals surface area contributed by atoms with Crippen molar-refractivity contribution in [3.63, 3.8) is 0 Å². The standard InChI is InChI=1S/C28H40N4O4/c1-36-26(34)17-23(33)18-29-27-28(35)32(25-12-8-7-11-24(25)30-27)22-15-20-13-14-21(16-22)31(20)19-9-5-3-2-4-6-10-19/h7-8,11-12,19-23,33H,2-6,9-10,13-18H2,1H3,(H,29,30)/t20-,21+,22?,23?. The molecule has 196 valence electrons. The first-order chi connectivity index (χ1) is 17.5. The lowest BCUT2D eigenvalue weighted by Crippen LogP contribution is -2.50. The molecule has 3 fully saturated rings. The molecule has 0 amide bonds. The van der Waals surface area contributed by atoms with Crippen LogP contribution < -0.4 is 10.9 Å². The second-order valence-corrected chi connectivity index (χ2v) is 10.9. The van der Waals surface area contributed by atoms with Crippen LogP contribution in [0.25, 0.3) is 11.0 Å². The van der Waals surface area contributed by atoms with Crippen LogP contribution in [0.5, 0.6) is 0 Å². The number of aliphatic hydroxyl groups excluding tert-OH is 1. The lowest BCUT2D eigenvalue weighted by Gasteiger charge is -2.45. The van der Waals surface area contributed by atoms with Gasteiger partial charge in [-0.25, -0.2) is 4.98 Å². The highest BCUT2D eigenvalue weighted by molar-refractivity contribution is 5.76. The number of hydrogen-bond donors (Lipinski definition) is 2. The number of fused-ring (bicyclic) bond motifs is 3. The second-order valence-electron chi connectivity index (χ2n) is 10.9. The Balaban J connectivity index is 1.38. The topological polar surface area (TPSA) is 96.7 Å². The summed E-state index contributed by atoms with van der Waals surface area (Å²) in [7, 11) is 1.29. The van der Waals surface area contributed by atoms with Crippen molar-refractivity contribution >= 4 is 22.8 Å². The number of benzene rings is 1. The highest BCUT2D eigenvalue weighted by Crippen LogP contribution is 2.44. The number of nitrogens with one attached hydrogen (secondary N) is 1. The van der Waals surface area contributed by atoms with Gasteiger partial charge in [0.2, 0.25) is 0 Å². The van der Waals surface area contributed by atoms with E-state index in [9.17, 15) is 14.7 Å². The number of methoxy groups -OCH3 is 1. The van der Waals surface area contributed by atoms with E-state index in [1.807, 2.05) is 28.8 Å². The van der Waals surface area contributed by atoms with E-state index in [2.05, 4.69) is 19.9 Å². The fourth-order valence-corrected chi connectivity index (χ4v) is 6.92. The highest BCUT2D eigenvalue weighted by atomic mass is 16.5. The largest absolute Gasteiger partial charge is 0.469 e. The van der Waals surface area contributed by atoms with Gasteiger partial charge in [0, 0.05) is 30.7 Å². The minimum Gasteiger partial charge on any atom is -0.469 e. The molecule has 36 heavy (non-hydrogen) atoms. The predicted octanol–water partition coefficient (Wildman–Crippen LogP) is 4.01. The molecule has 0 spiro atoms. The molecule has 3 heterocycles. The molecule has 5 rings (SSSR count). The Morgan fingerprint density at radius 1 is 1.03 bits per heavy atom. The average molecular weight is 497 g/mol. The van der Waals surface area contributed by atoms with Crippen molar-refractivity contribution in [3.05, 3.63) is 34.6 Å². The van der Waals surface area contributed by atoms with E-state index in [-0.39, 0.29) is 30.4 Å². The van der Waals surface area contributed by atoms with Crippen LogP contribution >= 0.6 is 0 Å². The van der Waals surface area contributed by atoms with E-state index in [4.69, 9.17) is 0 Å². The first kappa shape index (κ1) is 25.2. The molecule has 2 unspecified atom stereocenters. The quantitative estimate of drug-likeness (QED) is 0.559. The minimum absolute atomic E-state index is 0.0566. The number of anilines is 1. The van der Waals surface area contributed by atoms with Gasteiger partial charge < -0.3 is 19.7 Å². The lowest BCUT2D eigenvalue weighted by molar-refractivity contribution is -0.142. The SMILES string of the molecule is COC(=O)CC(O)CNc1nc2ccccc2n(C2C[C@H]3CC[C@@H](C2)N3C2CCCCCCC2)c1=O. The van der Waals surface area contributed by atoms with Gasteiger partial charge in [-0.05, 0) is 50.7 Å². The molecule has 1 aromatic carbocycles. The average Bonchev–Trinajstić information content (AvgIpc) is 3.11. The zero-order chi connectivity index (χ0) is 25.1. The number of hydrogen-bond acceptors (Lipinski definition) is 7. The van der Waals surface area contributed by atoms with Crippen LogP contribution in [0.3, 0.4) is 0 Å². The predicted molar refractivity (Wildman–Crippen MR) is 140 cm³/mol. The zero-order valence-corrected chi connectivity index (χ0v) is 21.4. The van der Waals surface area contributed by atoms with Crippen molar-refractivity contribution in [2.24, 2.45) is 0 Å². The lowest BCUT2D eigenvalue weighted by atomic mass is 9.89.